The van der Waals surface area contributed by atoms with Crippen molar-refractivity contribution in [1.82, 2.24) is 4.98 Å². The molecular formula is C6H7NO2. The van der Waals surface area contributed by atoms with E-state index in [9.17, 15) is 4.79 Å². The van der Waals surface area contributed by atoms with Crippen LogP contribution in [0.4, 0.5) is 0 Å². The first kappa shape index (κ1) is 6.01. The quantitative estimate of drug-likeness (QED) is 0.511. The van der Waals surface area contributed by atoms with E-state index in [1.807, 2.05) is 0 Å². The van der Waals surface area contributed by atoms with Crippen molar-refractivity contribution in [3.63, 3.8) is 0 Å². The minimum atomic E-state index is -0.391. The summed E-state index contributed by atoms with van der Waals surface area (Å²) < 4.78 is 4.69. The summed E-state index contributed by atoms with van der Waals surface area (Å²) in [6.07, 6.45) is 1.17. The Morgan fingerprint density at radius 2 is 2.22 bits per heavy atom. The van der Waals surface area contributed by atoms with Crippen LogP contribution in [0.2, 0.25) is 0 Å². The van der Waals surface area contributed by atoms with Crippen LogP contribution >= 0.6 is 0 Å². The number of hydrogen-bond acceptors (Lipinski definition) is 3. The summed E-state index contributed by atoms with van der Waals surface area (Å²) in [5.74, 6) is 0.586. The molecule has 0 unspecified atom stereocenters. The lowest BCUT2D eigenvalue weighted by atomic mass is 10.4. The van der Waals surface area contributed by atoms with Crippen LogP contribution in [0.15, 0.2) is 15.4 Å². The van der Waals surface area contributed by atoms with Crippen LogP contribution < -0.4 is 5.63 Å². The zero-order chi connectivity index (χ0) is 6.85. The first-order valence-electron chi connectivity index (χ1n) is 2.63. The second-order valence-corrected chi connectivity index (χ2v) is 1.82. The summed E-state index contributed by atoms with van der Waals surface area (Å²) in [4.78, 5) is 14.2. The fourth-order valence-corrected chi connectivity index (χ4v) is 0.492. The Hall–Kier alpha value is -1.12. The van der Waals surface area contributed by atoms with E-state index in [0.717, 1.165) is 5.69 Å². The number of nitrogens with zero attached hydrogens (tertiary/aromatic N) is 1. The van der Waals surface area contributed by atoms with Crippen LogP contribution in [-0.2, 0) is 0 Å². The molecule has 0 saturated heterocycles. The topological polar surface area (TPSA) is 43.1 Å². The molecule has 0 N–H and O–H groups in total. The minimum Gasteiger partial charge on any atom is -0.425 e. The summed E-state index contributed by atoms with van der Waals surface area (Å²) in [5.41, 5.74) is 0.368. The molecule has 0 aliphatic carbocycles. The molecule has 0 spiro atoms. The predicted octanol–water partition coefficient (Wildman–Crippen LogP) is 0.652. The molecular weight excluding hydrogens is 118 g/mol. The molecule has 1 aromatic rings. The van der Waals surface area contributed by atoms with Gasteiger partial charge in [-0.25, -0.2) is 4.79 Å². The average Bonchev–Trinajstić information content (AvgIpc) is 1.80. The first-order valence-corrected chi connectivity index (χ1v) is 2.63. The molecule has 0 saturated carbocycles. The third-order valence-corrected chi connectivity index (χ3v) is 1.13. The van der Waals surface area contributed by atoms with Gasteiger partial charge in [-0.05, 0) is 13.8 Å². The molecule has 0 bridgehead atoms. The Labute approximate surface area is 52.3 Å². The van der Waals surface area contributed by atoms with Crippen molar-refractivity contribution >= 4 is 0 Å². The summed E-state index contributed by atoms with van der Waals surface area (Å²) in [6, 6.07) is 0. The molecule has 1 rings (SSSR count). The zero-order valence-corrected chi connectivity index (χ0v) is 5.34. The van der Waals surface area contributed by atoms with Gasteiger partial charge in [0.1, 0.15) is 12.0 Å². The monoisotopic (exact) mass is 125 g/mol. The predicted molar refractivity (Wildman–Crippen MR) is 32.2 cm³/mol. The molecule has 1 heterocycles. The maximum atomic E-state index is 10.4. The van der Waals surface area contributed by atoms with Crippen LogP contribution in [0, 0.1) is 13.8 Å². The molecule has 3 heteroatoms. The van der Waals surface area contributed by atoms with Gasteiger partial charge in [0.05, 0.1) is 5.69 Å². The van der Waals surface area contributed by atoms with Gasteiger partial charge in [-0.15, -0.1) is 0 Å². The Bertz CT molecular complexity index is 264. The molecule has 1 aromatic heterocycles. The van der Waals surface area contributed by atoms with E-state index in [4.69, 9.17) is 0 Å². The molecule has 0 aromatic carbocycles. The molecule has 0 aliphatic rings. The van der Waals surface area contributed by atoms with Crippen LogP contribution in [0.25, 0.3) is 0 Å². The number of hydrogen-bond donors (Lipinski definition) is 0. The molecule has 0 amide bonds. The van der Waals surface area contributed by atoms with Crippen LogP contribution in [0.3, 0.4) is 0 Å². The third kappa shape index (κ3) is 1.16. The van der Waals surface area contributed by atoms with Crippen molar-refractivity contribution in [3.05, 3.63) is 28.1 Å². The van der Waals surface area contributed by atoms with Crippen molar-refractivity contribution in [2.24, 2.45) is 0 Å². The second kappa shape index (κ2) is 2.01. The van der Waals surface area contributed by atoms with Gasteiger partial charge >= 0.3 is 5.63 Å². The fraction of sp³-hybridized carbons (Fsp3) is 0.333. The van der Waals surface area contributed by atoms with E-state index < -0.39 is 5.63 Å². The van der Waals surface area contributed by atoms with Crippen LogP contribution in [0.1, 0.15) is 11.5 Å². The summed E-state index contributed by atoms with van der Waals surface area (Å²) in [5, 5.41) is 0. The van der Waals surface area contributed by atoms with Crippen molar-refractivity contribution in [2.45, 2.75) is 13.8 Å². The standard InChI is InChI=1S/C6H7NO2/c1-4-5(2)9-6(8)3-7-4/h3H,1-2H3. The van der Waals surface area contributed by atoms with Crippen LogP contribution in [0.5, 0.6) is 0 Å². The maximum Gasteiger partial charge on any atom is 0.354 e. The Balaban J connectivity index is 3.34. The fourth-order valence-electron chi connectivity index (χ4n) is 0.492. The second-order valence-electron chi connectivity index (χ2n) is 1.82. The SMILES string of the molecule is Cc1ncc(=O)oc1C. The molecule has 0 fully saturated rings. The number of aryl methyl sites for hydroxylation is 2. The zero-order valence-electron chi connectivity index (χ0n) is 5.34. The lowest BCUT2D eigenvalue weighted by Gasteiger charge is -1.91. The lowest BCUT2D eigenvalue weighted by Crippen LogP contribution is -2.00. The first-order chi connectivity index (χ1) is 4.20. The van der Waals surface area contributed by atoms with Crippen molar-refractivity contribution in [1.29, 1.82) is 0 Å². The normalized spacial score (nSPS) is 9.56. The molecule has 0 aliphatic heterocycles. The van der Waals surface area contributed by atoms with Crippen molar-refractivity contribution in [3.8, 4) is 0 Å². The highest BCUT2D eigenvalue weighted by atomic mass is 16.4. The molecule has 0 atom stereocenters. The summed E-state index contributed by atoms with van der Waals surface area (Å²) in [6.45, 7) is 3.50. The highest BCUT2D eigenvalue weighted by molar-refractivity contribution is 5.00. The van der Waals surface area contributed by atoms with E-state index in [2.05, 4.69) is 9.40 Å². The molecule has 9 heavy (non-hydrogen) atoms. The Morgan fingerprint density at radius 3 is 2.67 bits per heavy atom. The molecule has 3 nitrogen and oxygen atoms in total. The van der Waals surface area contributed by atoms with E-state index >= 15 is 0 Å². The smallest absolute Gasteiger partial charge is 0.354 e. The Kier molecular flexibility index (Phi) is 1.34. The van der Waals surface area contributed by atoms with Gasteiger partial charge in [-0.1, -0.05) is 0 Å². The van der Waals surface area contributed by atoms with Gasteiger partial charge in [-0.3, -0.25) is 4.98 Å². The van der Waals surface area contributed by atoms with Gasteiger partial charge in [0.2, 0.25) is 0 Å². The highest BCUT2D eigenvalue weighted by Gasteiger charge is 1.93. The van der Waals surface area contributed by atoms with Crippen LogP contribution in [-0.4, -0.2) is 4.98 Å². The van der Waals surface area contributed by atoms with E-state index in [1.54, 1.807) is 13.8 Å². The van der Waals surface area contributed by atoms with Gasteiger partial charge in [0.25, 0.3) is 0 Å². The minimum absolute atomic E-state index is 0.391. The highest BCUT2D eigenvalue weighted by Crippen LogP contribution is 1.95. The largest absolute Gasteiger partial charge is 0.425 e. The summed E-state index contributed by atoms with van der Waals surface area (Å²) in [7, 11) is 0. The molecule has 0 radical (unpaired) electrons. The Morgan fingerprint density at radius 1 is 1.56 bits per heavy atom. The van der Waals surface area contributed by atoms with Gasteiger partial charge in [-0.2, -0.15) is 0 Å². The van der Waals surface area contributed by atoms with Crippen molar-refractivity contribution < 1.29 is 4.42 Å². The number of rotatable bonds is 0. The van der Waals surface area contributed by atoms with E-state index in [0.29, 0.717) is 5.76 Å². The lowest BCUT2D eigenvalue weighted by molar-refractivity contribution is 0.466. The van der Waals surface area contributed by atoms with Gasteiger partial charge < -0.3 is 4.42 Å². The number of aromatic nitrogens is 1. The maximum absolute atomic E-state index is 10.4. The van der Waals surface area contributed by atoms with Gasteiger partial charge in [0.15, 0.2) is 0 Å². The van der Waals surface area contributed by atoms with E-state index in [-0.39, 0.29) is 0 Å². The molecule has 48 valence electrons. The third-order valence-electron chi connectivity index (χ3n) is 1.13. The summed E-state index contributed by atoms with van der Waals surface area (Å²) >= 11 is 0. The van der Waals surface area contributed by atoms with Gasteiger partial charge in [0, 0.05) is 0 Å². The average molecular weight is 125 g/mol. The van der Waals surface area contributed by atoms with Crippen molar-refractivity contribution in [2.75, 3.05) is 0 Å². The van der Waals surface area contributed by atoms with E-state index in [1.165, 1.54) is 6.20 Å².